The Balaban J connectivity index is 2.22. The van der Waals surface area contributed by atoms with Crippen LogP contribution in [0.15, 0.2) is 0 Å². The van der Waals surface area contributed by atoms with Crippen molar-refractivity contribution in [2.75, 3.05) is 0 Å². The zero-order valence-electron chi connectivity index (χ0n) is 4.93. The molecule has 8 heavy (non-hydrogen) atoms. The number of hydrogen-bond acceptors (Lipinski definition) is 2. The molecule has 0 radical (unpaired) electrons. The number of nitrogens with two attached hydrogens (primary N) is 1. The van der Waals surface area contributed by atoms with Crippen molar-refractivity contribution in [1.29, 1.82) is 0 Å². The minimum absolute atomic E-state index is 0.452. The summed E-state index contributed by atoms with van der Waals surface area (Å²) in [7, 11) is 2.53. The fourth-order valence-electron chi connectivity index (χ4n) is 1.17. The molecule has 3 N–H and O–H groups in total. The number of hydrogen-bond donors (Lipinski definition) is 2. The SMILES string of the molecule is NC1CCC(NP)C1. The van der Waals surface area contributed by atoms with Crippen LogP contribution in [0.2, 0.25) is 0 Å². The third kappa shape index (κ3) is 1.41. The van der Waals surface area contributed by atoms with Gasteiger partial charge in [0.25, 0.3) is 0 Å². The molecule has 3 heteroatoms. The second-order valence-electron chi connectivity index (χ2n) is 2.44. The minimum Gasteiger partial charge on any atom is -0.328 e. The molecule has 2 nitrogen and oxygen atoms in total. The Morgan fingerprint density at radius 1 is 1.50 bits per heavy atom. The van der Waals surface area contributed by atoms with Crippen molar-refractivity contribution >= 4 is 9.39 Å². The summed E-state index contributed by atoms with van der Waals surface area (Å²) in [6, 6.07) is 1.11. The highest BCUT2D eigenvalue weighted by Crippen LogP contribution is 2.17. The van der Waals surface area contributed by atoms with E-state index in [1.807, 2.05) is 0 Å². The number of rotatable bonds is 1. The first kappa shape index (κ1) is 6.47. The molecule has 1 rings (SSSR count). The van der Waals surface area contributed by atoms with Crippen LogP contribution in [0, 0.1) is 0 Å². The quantitative estimate of drug-likeness (QED) is 0.502. The monoisotopic (exact) mass is 132 g/mol. The highest BCUT2D eigenvalue weighted by atomic mass is 31.0. The summed E-state index contributed by atoms with van der Waals surface area (Å²) < 4.78 is 0. The lowest BCUT2D eigenvalue weighted by Gasteiger charge is -2.04. The minimum atomic E-state index is 0.452. The second-order valence-corrected chi connectivity index (χ2v) is 2.77. The van der Waals surface area contributed by atoms with Crippen LogP contribution in [0.1, 0.15) is 19.3 Å². The molecule has 0 aromatic carbocycles. The molecule has 0 aliphatic heterocycles. The molecule has 1 aliphatic rings. The normalized spacial score (nSPS) is 38.2. The average Bonchev–Trinajstić information content (AvgIpc) is 2.14. The maximum absolute atomic E-state index is 5.65. The van der Waals surface area contributed by atoms with Crippen LogP contribution in [0.25, 0.3) is 0 Å². The first-order chi connectivity index (χ1) is 3.83. The summed E-state index contributed by atoms with van der Waals surface area (Å²) in [5.41, 5.74) is 5.65. The summed E-state index contributed by atoms with van der Waals surface area (Å²) in [6.07, 6.45) is 3.57. The fraction of sp³-hybridized carbons (Fsp3) is 1.00. The zero-order chi connectivity index (χ0) is 5.98. The van der Waals surface area contributed by atoms with Crippen LogP contribution >= 0.6 is 9.39 Å². The third-order valence-electron chi connectivity index (χ3n) is 1.71. The molecule has 0 aromatic heterocycles. The zero-order valence-corrected chi connectivity index (χ0v) is 6.09. The van der Waals surface area contributed by atoms with Crippen molar-refractivity contribution in [3.8, 4) is 0 Å². The Morgan fingerprint density at radius 3 is 2.50 bits per heavy atom. The predicted octanol–water partition coefficient (Wildman–Crippen LogP) is 0.246. The molecule has 0 aromatic rings. The molecule has 0 heterocycles. The van der Waals surface area contributed by atoms with E-state index in [1.54, 1.807) is 0 Å². The van der Waals surface area contributed by atoms with Gasteiger partial charge in [0.1, 0.15) is 0 Å². The Morgan fingerprint density at radius 2 is 2.25 bits per heavy atom. The Bertz CT molecular complexity index is 76.8. The van der Waals surface area contributed by atoms with E-state index in [9.17, 15) is 0 Å². The molecular formula is C5H13N2P. The summed E-state index contributed by atoms with van der Waals surface area (Å²) >= 11 is 0. The molecule has 3 unspecified atom stereocenters. The largest absolute Gasteiger partial charge is 0.328 e. The molecule has 1 fully saturated rings. The maximum atomic E-state index is 5.65. The Kier molecular flexibility index (Phi) is 2.24. The maximum Gasteiger partial charge on any atom is 0.0114 e. The van der Waals surface area contributed by atoms with Crippen molar-refractivity contribution in [2.24, 2.45) is 5.73 Å². The lowest BCUT2D eigenvalue weighted by Crippen LogP contribution is -2.20. The average molecular weight is 132 g/mol. The van der Waals surface area contributed by atoms with Gasteiger partial charge in [0.2, 0.25) is 0 Å². The first-order valence-corrected chi connectivity index (χ1v) is 3.62. The fourth-order valence-corrected chi connectivity index (χ4v) is 1.47. The lowest BCUT2D eigenvalue weighted by atomic mass is 10.2. The lowest BCUT2D eigenvalue weighted by molar-refractivity contribution is 0.634. The van der Waals surface area contributed by atoms with E-state index < -0.39 is 0 Å². The summed E-state index contributed by atoms with van der Waals surface area (Å²) in [6.45, 7) is 0. The van der Waals surface area contributed by atoms with E-state index in [0.29, 0.717) is 12.1 Å². The second kappa shape index (κ2) is 2.77. The molecular weight excluding hydrogens is 119 g/mol. The van der Waals surface area contributed by atoms with Gasteiger partial charge in [-0.1, -0.05) is 9.39 Å². The van der Waals surface area contributed by atoms with E-state index in [0.717, 1.165) is 6.42 Å². The molecule has 0 saturated heterocycles. The van der Waals surface area contributed by atoms with Crippen molar-refractivity contribution < 1.29 is 0 Å². The molecule has 1 saturated carbocycles. The summed E-state index contributed by atoms with van der Waals surface area (Å²) in [4.78, 5) is 0. The third-order valence-corrected chi connectivity index (χ3v) is 2.18. The Labute approximate surface area is 52.5 Å². The Hall–Kier alpha value is 0.350. The van der Waals surface area contributed by atoms with Gasteiger partial charge >= 0.3 is 0 Å². The van der Waals surface area contributed by atoms with Crippen molar-refractivity contribution in [3.05, 3.63) is 0 Å². The van der Waals surface area contributed by atoms with Gasteiger partial charge in [-0.2, -0.15) is 0 Å². The van der Waals surface area contributed by atoms with Crippen LogP contribution in [-0.2, 0) is 0 Å². The molecule has 0 amide bonds. The van der Waals surface area contributed by atoms with Crippen LogP contribution in [0.5, 0.6) is 0 Å². The molecule has 0 bridgehead atoms. The standard InChI is InChI=1S/C5H13N2P/c6-4-1-2-5(3-4)7-8/h4-5,7H,1-3,6,8H2. The van der Waals surface area contributed by atoms with E-state index in [2.05, 4.69) is 14.5 Å². The van der Waals surface area contributed by atoms with Gasteiger partial charge in [-0.15, -0.1) is 0 Å². The summed E-state index contributed by atoms with van der Waals surface area (Å²) in [5.74, 6) is 0. The first-order valence-electron chi connectivity index (χ1n) is 3.04. The van der Waals surface area contributed by atoms with E-state index in [1.165, 1.54) is 12.8 Å². The molecule has 48 valence electrons. The van der Waals surface area contributed by atoms with E-state index >= 15 is 0 Å². The van der Waals surface area contributed by atoms with Crippen molar-refractivity contribution in [1.82, 2.24) is 5.09 Å². The van der Waals surface area contributed by atoms with E-state index in [-0.39, 0.29) is 0 Å². The number of nitrogens with one attached hydrogen (secondary N) is 1. The van der Waals surface area contributed by atoms with Crippen LogP contribution < -0.4 is 10.8 Å². The molecule has 0 spiro atoms. The smallest absolute Gasteiger partial charge is 0.0114 e. The summed E-state index contributed by atoms with van der Waals surface area (Å²) in [5, 5.41) is 3.13. The molecule has 1 aliphatic carbocycles. The highest BCUT2D eigenvalue weighted by molar-refractivity contribution is 7.13. The highest BCUT2D eigenvalue weighted by Gasteiger charge is 2.19. The van der Waals surface area contributed by atoms with Gasteiger partial charge in [0.05, 0.1) is 0 Å². The molecule has 3 atom stereocenters. The van der Waals surface area contributed by atoms with Crippen LogP contribution in [0.3, 0.4) is 0 Å². The van der Waals surface area contributed by atoms with Gasteiger partial charge in [-0.05, 0) is 19.3 Å². The van der Waals surface area contributed by atoms with Crippen LogP contribution in [-0.4, -0.2) is 12.1 Å². The van der Waals surface area contributed by atoms with Crippen molar-refractivity contribution in [3.63, 3.8) is 0 Å². The van der Waals surface area contributed by atoms with Crippen molar-refractivity contribution in [2.45, 2.75) is 31.3 Å². The van der Waals surface area contributed by atoms with Gasteiger partial charge in [-0.25, -0.2) is 0 Å². The topological polar surface area (TPSA) is 38.0 Å². The van der Waals surface area contributed by atoms with Gasteiger partial charge in [-0.3, -0.25) is 5.09 Å². The van der Waals surface area contributed by atoms with Gasteiger partial charge in [0, 0.05) is 12.1 Å². The van der Waals surface area contributed by atoms with Crippen LogP contribution in [0.4, 0.5) is 0 Å². The van der Waals surface area contributed by atoms with Gasteiger partial charge in [0.15, 0.2) is 0 Å². The van der Waals surface area contributed by atoms with Gasteiger partial charge < -0.3 is 5.73 Å². The van der Waals surface area contributed by atoms with E-state index in [4.69, 9.17) is 5.73 Å². The predicted molar refractivity (Wildman–Crippen MR) is 38.5 cm³/mol.